The van der Waals surface area contributed by atoms with E-state index in [1.807, 2.05) is 0 Å². The van der Waals surface area contributed by atoms with E-state index in [1.54, 1.807) is 7.11 Å². The van der Waals surface area contributed by atoms with Crippen molar-refractivity contribution in [2.75, 3.05) is 37.5 Å². The molecule has 0 fully saturated rings. The van der Waals surface area contributed by atoms with E-state index in [9.17, 15) is 0 Å². The molecule has 2 N–H and O–H groups in total. The molecule has 0 radical (unpaired) electrons. The lowest BCUT2D eigenvalue weighted by atomic mass is 9.79. The molecule has 1 aromatic carbocycles. The molecule has 0 aromatic heterocycles. The second kappa shape index (κ2) is 12.9. The number of fused-ring (bicyclic) bond motifs is 1. The van der Waals surface area contributed by atoms with Crippen molar-refractivity contribution in [3.8, 4) is 11.8 Å². The first-order valence-corrected chi connectivity index (χ1v) is 13.6. The van der Waals surface area contributed by atoms with E-state index < -0.39 is 8.53 Å². The molecule has 0 saturated carbocycles. The Labute approximate surface area is 208 Å². The molecular formula is C26H45N4O3P. The van der Waals surface area contributed by atoms with Gasteiger partial charge in [-0.05, 0) is 78.4 Å². The van der Waals surface area contributed by atoms with Gasteiger partial charge in [0.05, 0.1) is 38.5 Å². The Morgan fingerprint density at radius 2 is 1.82 bits per heavy atom. The van der Waals surface area contributed by atoms with Crippen molar-refractivity contribution in [2.24, 2.45) is 0 Å². The minimum absolute atomic E-state index is 0.0491. The fourth-order valence-corrected chi connectivity index (χ4v) is 6.58. The summed E-state index contributed by atoms with van der Waals surface area (Å²) in [6.45, 7) is 17.5. The molecule has 0 saturated heterocycles. The quantitative estimate of drug-likeness (QED) is 0.193. The summed E-state index contributed by atoms with van der Waals surface area (Å²) in [7, 11) is 0.487. The molecule has 34 heavy (non-hydrogen) atoms. The van der Waals surface area contributed by atoms with Gasteiger partial charge < -0.3 is 24.4 Å². The number of rotatable bonds is 13. The molecule has 8 heteroatoms. The maximum atomic E-state index is 8.89. The first-order chi connectivity index (χ1) is 16.0. The van der Waals surface area contributed by atoms with Gasteiger partial charge in [-0.25, -0.2) is 4.67 Å². The lowest BCUT2D eigenvalue weighted by Gasteiger charge is -2.48. The lowest BCUT2D eigenvalue weighted by Crippen LogP contribution is -2.48. The molecule has 0 spiro atoms. The van der Waals surface area contributed by atoms with Crippen LogP contribution in [0, 0.1) is 11.3 Å². The van der Waals surface area contributed by atoms with Crippen molar-refractivity contribution in [1.29, 1.82) is 5.26 Å². The summed E-state index contributed by atoms with van der Waals surface area (Å²) in [5.41, 5.74) is 9.49. The van der Waals surface area contributed by atoms with Crippen LogP contribution in [0.2, 0.25) is 0 Å². The molecule has 1 aliphatic rings. The molecule has 7 nitrogen and oxygen atoms in total. The second-order valence-corrected chi connectivity index (χ2v) is 11.8. The van der Waals surface area contributed by atoms with Gasteiger partial charge in [-0.15, -0.1) is 0 Å². The maximum Gasteiger partial charge on any atom is 0.259 e. The van der Waals surface area contributed by atoms with Gasteiger partial charge in [-0.1, -0.05) is 6.92 Å². The maximum absolute atomic E-state index is 8.89. The van der Waals surface area contributed by atoms with Gasteiger partial charge in [0, 0.05) is 35.9 Å². The van der Waals surface area contributed by atoms with E-state index >= 15 is 0 Å². The van der Waals surface area contributed by atoms with E-state index in [0.29, 0.717) is 43.3 Å². The number of nitriles is 1. The van der Waals surface area contributed by atoms with Crippen LogP contribution in [-0.4, -0.2) is 49.2 Å². The Hall–Kier alpha value is -1.58. The number of anilines is 2. The van der Waals surface area contributed by atoms with Crippen LogP contribution in [0.1, 0.15) is 85.6 Å². The van der Waals surface area contributed by atoms with E-state index in [-0.39, 0.29) is 5.54 Å². The van der Waals surface area contributed by atoms with Gasteiger partial charge in [-0.3, -0.25) is 0 Å². The summed E-state index contributed by atoms with van der Waals surface area (Å²) >= 11 is 0. The Kier molecular flexibility index (Phi) is 10.9. The summed E-state index contributed by atoms with van der Waals surface area (Å²) in [4.78, 5) is 2.51. The third-order valence-electron chi connectivity index (χ3n) is 6.38. The number of nitrogen functional groups attached to an aromatic ring is 1. The molecule has 0 aliphatic carbocycles. The first kappa shape index (κ1) is 28.7. The van der Waals surface area contributed by atoms with Crippen molar-refractivity contribution >= 4 is 19.9 Å². The number of methoxy groups -OCH3 is 1. The van der Waals surface area contributed by atoms with Gasteiger partial charge in [0.2, 0.25) is 0 Å². The number of hydrogen-bond acceptors (Lipinski definition) is 7. The van der Waals surface area contributed by atoms with Crippen LogP contribution in [0.5, 0.6) is 5.75 Å². The molecule has 1 heterocycles. The van der Waals surface area contributed by atoms with Crippen molar-refractivity contribution in [1.82, 2.24) is 4.67 Å². The highest BCUT2D eigenvalue weighted by Crippen LogP contribution is 2.47. The number of nitrogens with two attached hydrogens (primary N) is 1. The lowest BCUT2D eigenvalue weighted by molar-refractivity contribution is 0.174. The number of unbranched alkanes of at least 4 members (excludes halogenated alkanes) is 1. The molecule has 0 amide bonds. The predicted molar refractivity (Wildman–Crippen MR) is 142 cm³/mol. The van der Waals surface area contributed by atoms with Crippen molar-refractivity contribution in [3.63, 3.8) is 0 Å². The van der Waals surface area contributed by atoms with Crippen LogP contribution in [0.15, 0.2) is 12.1 Å². The molecule has 2 atom stereocenters. The van der Waals surface area contributed by atoms with E-state index in [4.69, 9.17) is 24.8 Å². The number of hydrogen-bond donors (Lipinski definition) is 1. The zero-order valence-electron chi connectivity index (χ0n) is 22.4. The highest BCUT2D eigenvalue weighted by molar-refractivity contribution is 7.44. The topological polar surface area (TPSA) is 84.0 Å². The van der Waals surface area contributed by atoms with Crippen molar-refractivity contribution in [2.45, 2.75) is 97.7 Å². The molecule has 1 aromatic rings. The highest BCUT2D eigenvalue weighted by atomic mass is 31.2. The largest absolute Gasteiger partial charge is 0.495 e. The average Bonchev–Trinajstić information content (AvgIpc) is 2.74. The molecule has 0 bridgehead atoms. The summed E-state index contributed by atoms with van der Waals surface area (Å²) in [6.07, 6.45) is 3.41. The fourth-order valence-electron chi connectivity index (χ4n) is 4.96. The van der Waals surface area contributed by atoms with Gasteiger partial charge in [-0.2, -0.15) is 5.26 Å². The van der Waals surface area contributed by atoms with Crippen LogP contribution in [0.3, 0.4) is 0 Å². The van der Waals surface area contributed by atoms with Crippen LogP contribution < -0.4 is 15.4 Å². The van der Waals surface area contributed by atoms with Crippen LogP contribution >= 0.6 is 8.53 Å². The molecule has 2 unspecified atom stereocenters. The minimum atomic E-state index is -1.18. The second-order valence-electron chi connectivity index (χ2n) is 10.3. The van der Waals surface area contributed by atoms with E-state index in [2.05, 4.69) is 76.2 Å². The molecule has 192 valence electrons. The van der Waals surface area contributed by atoms with E-state index in [1.165, 1.54) is 11.3 Å². The Morgan fingerprint density at radius 3 is 2.41 bits per heavy atom. The Bertz CT molecular complexity index is 817. The van der Waals surface area contributed by atoms with Gasteiger partial charge in [0.15, 0.2) is 0 Å². The fraction of sp³-hybridized carbons (Fsp3) is 0.731. The van der Waals surface area contributed by atoms with Gasteiger partial charge in [0.1, 0.15) is 5.75 Å². The monoisotopic (exact) mass is 492 g/mol. The summed E-state index contributed by atoms with van der Waals surface area (Å²) in [5.74, 6) is 1.18. The Balaban J connectivity index is 2.03. The smallest absolute Gasteiger partial charge is 0.259 e. The van der Waals surface area contributed by atoms with Crippen molar-refractivity contribution in [3.05, 3.63) is 17.7 Å². The molecular weight excluding hydrogens is 447 g/mol. The highest BCUT2D eigenvalue weighted by Gasteiger charge is 2.36. The average molecular weight is 493 g/mol. The first-order valence-electron chi connectivity index (χ1n) is 12.5. The summed E-state index contributed by atoms with van der Waals surface area (Å²) in [6, 6.07) is 6.96. The molecule has 2 rings (SSSR count). The number of ether oxygens (including phenoxy) is 1. The standard InChI is InChI=1S/C26H45N4O3P/c1-19(2)30(20(3)4)34(33-15-11-12-27)32-14-10-9-13-29-24-17-25(31-8)23(28)16-22(24)21(5)18-26(29,6)7/h16-17,19-21H,9-11,13-15,18,28H2,1-8H3. The van der Waals surface area contributed by atoms with Gasteiger partial charge in [0.25, 0.3) is 8.53 Å². The number of nitrogens with zero attached hydrogens (tertiary/aromatic N) is 3. The predicted octanol–water partition coefficient (Wildman–Crippen LogP) is 6.44. The Morgan fingerprint density at radius 1 is 1.18 bits per heavy atom. The molecule has 1 aliphatic heterocycles. The third kappa shape index (κ3) is 7.21. The normalized spacial score (nSPS) is 18.3. The SMILES string of the molecule is COc1cc2c(cc1N)C(C)CC(C)(C)N2CCCCOP(OCCC#N)N(C(C)C)C(C)C. The van der Waals surface area contributed by atoms with Crippen LogP contribution in [0.25, 0.3) is 0 Å². The summed E-state index contributed by atoms with van der Waals surface area (Å²) in [5, 5.41) is 8.89. The third-order valence-corrected chi connectivity index (χ3v) is 8.49. The van der Waals surface area contributed by atoms with Crippen molar-refractivity contribution < 1.29 is 13.8 Å². The van der Waals surface area contributed by atoms with Crippen LogP contribution in [-0.2, 0) is 9.05 Å². The number of benzene rings is 1. The van der Waals surface area contributed by atoms with E-state index in [0.717, 1.165) is 31.6 Å². The summed E-state index contributed by atoms with van der Waals surface area (Å²) < 4.78 is 20.1. The van der Waals surface area contributed by atoms with Crippen LogP contribution in [0.4, 0.5) is 11.4 Å². The zero-order chi connectivity index (χ0) is 25.5. The minimum Gasteiger partial charge on any atom is -0.495 e. The van der Waals surface area contributed by atoms with Gasteiger partial charge >= 0.3 is 0 Å². The zero-order valence-corrected chi connectivity index (χ0v) is 23.3.